The smallest absolute Gasteiger partial charge is 0.123 e. The normalized spacial score (nSPS) is 14.0. The zero-order valence-corrected chi connectivity index (χ0v) is 13.9. The molecule has 22 heavy (non-hydrogen) atoms. The van der Waals surface area contributed by atoms with Gasteiger partial charge in [0.2, 0.25) is 0 Å². The van der Waals surface area contributed by atoms with Crippen molar-refractivity contribution in [3.63, 3.8) is 0 Å². The SMILES string of the molecule is CC[C@@H](Cc1ccccc1)[C@H](Cc1ccc(F)cc1)C(C)C. The average molecular weight is 298 g/mol. The molecule has 0 bridgehead atoms. The maximum Gasteiger partial charge on any atom is 0.123 e. The van der Waals surface area contributed by atoms with Crippen molar-refractivity contribution in [1.29, 1.82) is 0 Å². The molecule has 2 aromatic rings. The largest absolute Gasteiger partial charge is 0.207 e. The fourth-order valence-electron chi connectivity index (χ4n) is 3.35. The summed E-state index contributed by atoms with van der Waals surface area (Å²) in [5.41, 5.74) is 2.66. The van der Waals surface area contributed by atoms with E-state index in [0.717, 1.165) is 12.8 Å². The molecule has 0 radical (unpaired) electrons. The fourth-order valence-corrected chi connectivity index (χ4v) is 3.35. The average Bonchev–Trinajstić information content (AvgIpc) is 2.53. The maximum absolute atomic E-state index is 13.1. The van der Waals surface area contributed by atoms with Crippen LogP contribution in [0.15, 0.2) is 54.6 Å². The molecule has 0 N–H and O–H groups in total. The van der Waals surface area contributed by atoms with Gasteiger partial charge < -0.3 is 0 Å². The highest BCUT2D eigenvalue weighted by atomic mass is 19.1. The predicted molar refractivity (Wildman–Crippen MR) is 92.4 cm³/mol. The topological polar surface area (TPSA) is 0 Å². The molecule has 0 unspecified atom stereocenters. The van der Waals surface area contributed by atoms with Crippen LogP contribution in [0.1, 0.15) is 38.3 Å². The molecule has 2 rings (SSSR count). The third kappa shape index (κ3) is 4.69. The summed E-state index contributed by atoms with van der Waals surface area (Å²) in [5, 5.41) is 0. The van der Waals surface area contributed by atoms with Crippen LogP contribution in [-0.2, 0) is 12.8 Å². The van der Waals surface area contributed by atoms with Crippen molar-refractivity contribution in [2.24, 2.45) is 17.8 Å². The van der Waals surface area contributed by atoms with E-state index in [1.807, 2.05) is 12.1 Å². The lowest BCUT2D eigenvalue weighted by Crippen LogP contribution is -2.24. The monoisotopic (exact) mass is 298 g/mol. The van der Waals surface area contributed by atoms with Crippen molar-refractivity contribution < 1.29 is 4.39 Å². The molecule has 0 aliphatic carbocycles. The van der Waals surface area contributed by atoms with Crippen LogP contribution in [-0.4, -0.2) is 0 Å². The Balaban J connectivity index is 2.12. The summed E-state index contributed by atoms with van der Waals surface area (Å²) < 4.78 is 13.1. The standard InChI is InChI=1S/C21H27F/c1-4-19(14-17-8-6-5-7-9-17)21(16(2)3)15-18-10-12-20(22)13-11-18/h5-13,16,19,21H,4,14-15H2,1-3H3/t19-,21+/m0/s1. The Labute approximate surface area is 134 Å². The van der Waals surface area contributed by atoms with Crippen molar-refractivity contribution in [3.05, 3.63) is 71.5 Å². The summed E-state index contributed by atoms with van der Waals surface area (Å²) in [6.45, 7) is 6.90. The summed E-state index contributed by atoms with van der Waals surface area (Å²) >= 11 is 0. The van der Waals surface area contributed by atoms with Crippen LogP contribution in [0.4, 0.5) is 4.39 Å². The van der Waals surface area contributed by atoms with Crippen molar-refractivity contribution in [1.82, 2.24) is 0 Å². The summed E-state index contributed by atoms with van der Waals surface area (Å²) in [6.07, 6.45) is 3.34. The van der Waals surface area contributed by atoms with Gasteiger partial charge in [-0.2, -0.15) is 0 Å². The quantitative estimate of drug-likeness (QED) is 0.596. The van der Waals surface area contributed by atoms with Gasteiger partial charge in [0.25, 0.3) is 0 Å². The Kier molecular flexibility index (Phi) is 6.18. The second-order valence-electron chi connectivity index (χ2n) is 6.60. The van der Waals surface area contributed by atoms with Crippen LogP contribution in [0.3, 0.4) is 0 Å². The first-order valence-corrected chi connectivity index (χ1v) is 8.38. The zero-order chi connectivity index (χ0) is 15.9. The van der Waals surface area contributed by atoms with Crippen molar-refractivity contribution in [2.45, 2.75) is 40.0 Å². The van der Waals surface area contributed by atoms with Crippen LogP contribution >= 0.6 is 0 Å². The lowest BCUT2D eigenvalue weighted by molar-refractivity contribution is 0.242. The lowest BCUT2D eigenvalue weighted by atomic mass is 9.75. The van der Waals surface area contributed by atoms with Crippen LogP contribution < -0.4 is 0 Å². The molecular weight excluding hydrogens is 271 g/mol. The van der Waals surface area contributed by atoms with Gasteiger partial charge in [-0.15, -0.1) is 0 Å². The van der Waals surface area contributed by atoms with Gasteiger partial charge >= 0.3 is 0 Å². The number of hydrogen-bond donors (Lipinski definition) is 0. The van der Waals surface area contributed by atoms with E-state index in [2.05, 4.69) is 51.1 Å². The molecule has 0 amide bonds. The maximum atomic E-state index is 13.1. The minimum absolute atomic E-state index is 0.152. The Hall–Kier alpha value is -1.63. The summed E-state index contributed by atoms with van der Waals surface area (Å²) in [6, 6.07) is 17.8. The van der Waals surface area contributed by atoms with E-state index in [4.69, 9.17) is 0 Å². The van der Waals surface area contributed by atoms with Crippen LogP contribution in [0.25, 0.3) is 0 Å². The molecule has 0 saturated heterocycles. The minimum Gasteiger partial charge on any atom is -0.207 e. The molecule has 2 aromatic carbocycles. The van der Waals surface area contributed by atoms with E-state index >= 15 is 0 Å². The van der Waals surface area contributed by atoms with Crippen LogP contribution in [0, 0.1) is 23.6 Å². The molecule has 0 saturated carbocycles. The Morgan fingerprint density at radius 3 is 1.95 bits per heavy atom. The first kappa shape index (κ1) is 16.7. The first-order valence-electron chi connectivity index (χ1n) is 8.38. The molecular formula is C21H27F. The molecule has 118 valence electrons. The molecule has 0 nitrogen and oxygen atoms in total. The summed E-state index contributed by atoms with van der Waals surface area (Å²) in [7, 11) is 0. The highest BCUT2D eigenvalue weighted by Crippen LogP contribution is 2.30. The molecule has 0 aliphatic heterocycles. The predicted octanol–water partition coefficient (Wildman–Crippen LogP) is 5.91. The number of benzene rings is 2. The van der Waals surface area contributed by atoms with E-state index in [0.29, 0.717) is 17.8 Å². The first-order chi connectivity index (χ1) is 10.6. The zero-order valence-electron chi connectivity index (χ0n) is 13.9. The van der Waals surface area contributed by atoms with Gasteiger partial charge in [0, 0.05) is 0 Å². The van der Waals surface area contributed by atoms with Gasteiger partial charge in [-0.05, 0) is 53.9 Å². The van der Waals surface area contributed by atoms with Gasteiger partial charge in [0.05, 0.1) is 0 Å². The summed E-state index contributed by atoms with van der Waals surface area (Å²) in [4.78, 5) is 0. The minimum atomic E-state index is -0.152. The lowest BCUT2D eigenvalue weighted by Gasteiger charge is -2.30. The van der Waals surface area contributed by atoms with Gasteiger partial charge in [-0.25, -0.2) is 4.39 Å². The van der Waals surface area contributed by atoms with Gasteiger partial charge in [-0.1, -0.05) is 69.7 Å². The molecule has 0 heterocycles. The van der Waals surface area contributed by atoms with Crippen LogP contribution in [0.2, 0.25) is 0 Å². The van der Waals surface area contributed by atoms with Crippen molar-refractivity contribution in [2.75, 3.05) is 0 Å². The number of hydrogen-bond acceptors (Lipinski definition) is 0. The second-order valence-corrected chi connectivity index (χ2v) is 6.60. The van der Waals surface area contributed by atoms with E-state index < -0.39 is 0 Å². The molecule has 0 spiro atoms. The van der Waals surface area contributed by atoms with Gasteiger partial charge in [-0.3, -0.25) is 0 Å². The highest BCUT2D eigenvalue weighted by molar-refractivity contribution is 5.18. The fraction of sp³-hybridized carbons (Fsp3) is 0.429. The molecule has 0 aliphatic rings. The second kappa shape index (κ2) is 8.12. The van der Waals surface area contributed by atoms with Crippen molar-refractivity contribution >= 4 is 0 Å². The van der Waals surface area contributed by atoms with Crippen molar-refractivity contribution in [3.8, 4) is 0 Å². The number of halogens is 1. The molecule has 0 fully saturated rings. The third-order valence-electron chi connectivity index (χ3n) is 4.71. The van der Waals surface area contributed by atoms with Gasteiger partial charge in [0.1, 0.15) is 5.82 Å². The van der Waals surface area contributed by atoms with E-state index in [1.165, 1.54) is 17.5 Å². The highest BCUT2D eigenvalue weighted by Gasteiger charge is 2.23. The molecule has 2 atom stereocenters. The van der Waals surface area contributed by atoms with Crippen LogP contribution in [0.5, 0.6) is 0 Å². The number of rotatable bonds is 7. The van der Waals surface area contributed by atoms with E-state index in [1.54, 1.807) is 12.1 Å². The third-order valence-corrected chi connectivity index (χ3v) is 4.71. The Morgan fingerprint density at radius 2 is 1.41 bits per heavy atom. The molecule has 1 heteroatoms. The Morgan fingerprint density at radius 1 is 0.818 bits per heavy atom. The van der Waals surface area contributed by atoms with Gasteiger partial charge in [0.15, 0.2) is 0 Å². The van der Waals surface area contributed by atoms with E-state index in [-0.39, 0.29) is 5.82 Å². The Bertz CT molecular complexity index is 542. The summed E-state index contributed by atoms with van der Waals surface area (Å²) in [5.74, 6) is 1.75. The van der Waals surface area contributed by atoms with E-state index in [9.17, 15) is 4.39 Å². The molecule has 0 aromatic heterocycles.